The van der Waals surface area contributed by atoms with Crippen molar-refractivity contribution in [2.24, 2.45) is 0 Å². The van der Waals surface area contributed by atoms with Crippen molar-refractivity contribution in [3.8, 4) is 0 Å². The molecule has 0 unspecified atom stereocenters. The lowest BCUT2D eigenvalue weighted by Crippen LogP contribution is -2.01. The SMILES string of the molecule is O=C(O)c1cncnc1Sc1nccs1. The van der Waals surface area contributed by atoms with Gasteiger partial charge in [0.2, 0.25) is 0 Å². The lowest BCUT2D eigenvalue weighted by Gasteiger charge is -2.00. The van der Waals surface area contributed by atoms with Gasteiger partial charge in [0, 0.05) is 17.8 Å². The maximum atomic E-state index is 10.8. The average molecular weight is 239 g/mol. The molecule has 0 aliphatic rings. The van der Waals surface area contributed by atoms with Crippen molar-refractivity contribution in [2.75, 3.05) is 0 Å². The van der Waals surface area contributed by atoms with Crippen LogP contribution in [0.2, 0.25) is 0 Å². The number of hydrogen-bond donors (Lipinski definition) is 1. The third-order valence-corrected chi connectivity index (χ3v) is 3.40. The van der Waals surface area contributed by atoms with E-state index in [2.05, 4.69) is 15.0 Å². The van der Waals surface area contributed by atoms with Crippen LogP contribution in [0.1, 0.15) is 10.4 Å². The fraction of sp³-hybridized carbons (Fsp3) is 0. The Hall–Kier alpha value is -1.47. The Kier molecular flexibility index (Phi) is 2.93. The van der Waals surface area contributed by atoms with Crippen molar-refractivity contribution in [1.82, 2.24) is 15.0 Å². The van der Waals surface area contributed by atoms with Crippen LogP contribution in [0.15, 0.2) is 33.5 Å². The van der Waals surface area contributed by atoms with Gasteiger partial charge in [-0.15, -0.1) is 11.3 Å². The topological polar surface area (TPSA) is 76.0 Å². The summed E-state index contributed by atoms with van der Waals surface area (Å²) >= 11 is 2.66. The molecule has 2 aromatic rings. The van der Waals surface area contributed by atoms with Gasteiger partial charge in [0.15, 0.2) is 4.34 Å². The third kappa shape index (κ3) is 2.31. The van der Waals surface area contributed by atoms with Crippen LogP contribution in [-0.4, -0.2) is 26.0 Å². The summed E-state index contributed by atoms with van der Waals surface area (Å²) in [5, 5.41) is 11.1. The van der Waals surface area contributed by atoms with Gasteiger partial charge >= 0.3 is 5.97 Å². The molecule has 2 rings (SSSR count). The van der Waals surface area contributed by atoms with Crippen LogP contribution in [0.5, 0.6) is 0 Å². The van der Waals surface area contributed by atoms with Gasteiger partial charge < -0.3 is 5.11 Å². The monoisotopic (exact) mass is 239 g/mol. The van der Waals surface area contributed by atoms with Crippen LogP contribution in [0, 0.1) is 0 Å². The molecular weight excluding hydrogens is 234 g/mol. The molecule has 0 amide bonds. The van der Waals surface area contributed by atoms with Gasteiger partial charge in [0.25, 0.3) is 0 Å². The Bertz CT molecular complexity index is 472. The van der Waals surface area contributed by atoms with Crippen LogP contribution >= 0.6 is 23.1 Å². The van der Waals surface area contributed by atoms with Gasteiger partial charge in [-0.3, -0.25) is 0 Å². The number of aromatic carboxylic acids is 1. The molecule has 0 aliphatic carbocycles. The van der Waals surface area contributed by atoms with Crippen molar-refractivity contribution in [2.45, 2.75) is 9.37 Å². The van der Waals surface area contributed by atoms with Gasteiger partial charge in [-0.1, -0.05) is 0 Å². The van der Waals surface area contributed by atoms with Gasteiger partial charge in [-0.2, -0.15) is 0 Å². The van der Waals surface area contributed by atoms with E-state index in [1.54, 1.807) is 6.20 Å². The molecule has 0 radical (unpaired) electrons. The Labute approximate surface area is 93.2 Å². The molecule has 0 bridgehead atoms. The molecule has 2 heterocycles. The van der Waals surface area contributed by atoms with Crippen LogP contribution in [0.3, 0.4) is 0 Å². The number of thiazole rings is 1. The first-order valence-corrected chi connectivity index (χ1v) is 5.57. The zero-order chi connectivity index (χ0) is 10.7. The predicted molar refractivity (Wildman–Crippen MR) is 55.2 cm³/mol. The van der Waals surface area contributed by atoms with Crippen LogP contribution in [0.4, 0.5) is 0 Å². The molecule has 76 valence electrons. The second kappa shape index (κ2) is 4.37. The summed E-state index contributed by atoms with van der Waals surface area (Å²) in [5.74, 6) is -1.03. The Morgan fingerprint density at radius 1 is 1.47 bits per heavy atom. The molecule has 0 aliphatic heterocycles. The highest BCUT2D eigenvalue weighted by Gasteiger charge is 2.13. The summed E-state index contributed by atoms with van der Waals surface area (Å²) in [6, 6.07) is 0. The van der Waals surface area contributed by atoms with Crippen LogP contribution in [-0.2, 0) is 0 Å². The highest BCUT2D eigenvalue weighted by atomic mass is 32.2. The number of carboxylic acid groups (broad SMARTS) is 1. The lowest BCUT2D eigenvalue weighted by molar-refractivity contribution is 0.0691. The maximum absolute atomic E-state index is 10.8. The first-order chi connectivity index (χ1) is 7.27. The lowest BCUT2D eigenvalue weighted by atomic mass is 10.3. The van der Waals surface area contributed by atoms with E-state index >= 15 is 0 Å². The first kappa shape index (κ1) is 10.1. The van der Waals surface area contributed by atoms with E-state index in [0.717, 1.165) is 4.34 Å². The molecule has 15 heavy (non-hydrogen) atoms. The Morgan fingerprint density at radius 2 is 2.33 bits per heavy atom. The summed E-state index contributed by atoms with van der Waals surface area (Å²) in [6.07, 6.45) is 4.27. The zero-order valence-corrected chi connectivity index (χ0v) is 8.96. The molecule has 0 saturated carbocycles. The van der Waals surface area contributed by atoms with E-state index in [0.29, 0.717) is 5.03 Å². The fourth-order valence-corrected chi connectivity index (χ4v) is 2.47. The van der Waals surface area contributed by atoms with Gasteiger partial charge in [-0.05, 0) is 11.8 Å². The summed E-state index contributed by atoms with van der Waals surface area (Å²) in [4.78, 5) is 22.5. The molecule has 0 fully saturated rings. The van der Waals surface area contributed by atoms with Crippen LogP contribution < -0.4 is 0 Å². The summed E-state index contributed by atoms with van der Waals surface area (Å²) < 4.78 is 0.760. The smallest absolute Gasteiger partial charge is 0.340 e. The fourth-order valence-electron chi connectivity index (χ4n) is 0.890. The second-order valence-electron chi connectivity index (χ2n) is 2.45. The van der Waals surface area contributed by atoms with E-state index in [9.17, 15) is 4.79 Å². The van der Waals surface area contributed by atoms with Crippen molar-refractivity contribution in [3.05, 3.63) is 29.7 Å². The summed E-state index contributed by atoms with van der Waals surface area (Å²) in [5.41, 5.74) is 0.0951. The Balaban J connectivity index is 2.32. The predicted octanol–water partition coefficient (Wildman–Crippen LogP) is 1.78. The number of carboxylic acids is 1. The average Bonchev–Trinajstić information content (AvgIpc) is 2.71. The first-order valence-electron chi connectivity index (χ1n) is 3.88. The standard InChI is InChI=1S/C8H5N3O2S2/c12-7(13)5-3-9-4-11-6(5)15-8-10-1-2-14-8/h1-4H,(H,12,13). The molecule has 5 nitrogen and oxygen atoms in total. The van der Waals surface area contributed by atoms with E-state index in [1.165, 1.54) is 35.6 Å². The molecule has 1 N–H and O–H groups in total. The minimum absolute atomic E-state index is 0.0951. The van der Waals surface area contributed by atoms with E-state index < -0.39 is 5.97 Å². The molecule has 0 saturated heterocycles. The van der Waals surface area contributed by atoms with E-state index in [4.69, 9.17) is 5.11 Å². The molecule has 0 aromatic carbocycles. The van der Waals surface area contributed by atoms with Gasteiger partial charge in [0.1, 0.15) is 16.9 Å². The summed E-state index contributed by atoms with van der Waals surface area (Å²) in [6.45, 7) is 0. The maximum Gasteiger partial charge on any atom is 0.340 e. The zero-order valence-electron chi connectivity index (χ0n) is 7.32. The number of aromatic nitrogens is 3. The second-order valence-corrected chi connectivity index (χ2v) is 4.58. The van der Waals surface area contributed by atoms with Gasteiger partial charge in [0.05, 0.1) is 0 Å². The molecule has 0 spiro atoms. The van der Waals surface area contributed by atoms with Crippen molar-refractivity contribution >= 4 is 29.1 Å². The van der Waals surface area contributed by atoms with Gasteiger partial charge in [-0.25, -0.2) is 19.7 Å². The van der Waals surface area contributed by atoms with Crippen molar-refractivity contribution < 1.29 is 9.90 Å². The van der Waals surface area contributed by atoms with E-state index in [-0.39, 0.29) is 5.56 Å². The minimum atomic E-state index is -1.03. The highest BCUT2D eigenvalue weighted by Crippen LogP contribution is 2.29. The molecule has 7 heteroatoms. The largest absolute Gasteiger partial charge is 0.478 e. The molecule has 2 aromatic heterocycles. The molecule has 0 atom stereocenters. The summed E-state index contributed by atoms with van der Waals surface area (Å²) in [7, 11) is 0. The number of hydrogen-bond acceptors (Lipinski definition) is 6. The highest BCUT2D eigenvalue weighted by molar-refractivity contribution is 8.01. The molecular formula is C8H5N3O2S2. The minimum Gasteiger partial charge on any atom is -0.478 e. The number of carbonyl (C=O) groups is 1. The van der Waals surface area contributed by atoms with Crippen LogP contribution in [0.25, 0.3) is 0 Å². The van der Waals surface area contributed by atoms with E-state index in [1.807, 2.05) is 5.38 Å². The third-order valence-electron chi connectivity index (χ3n) is 1.50. The number of rotatable bonds is 3. The van der Waals surface area contributed by atoms with Crippen molar-refractivity contribution in [3.63, 3.8) is 0 Å². The quantitative estimate of drug-likeness (QED) is 0.823. The number of nitrogens with zero attached hydrogens (tertiary/aromatic N) is 3. The Morgan fingerprint density at radius 3 is 3.00 bits per heavy atom. The van der Waals surface area contributed by atoms with Crippen molar-refractivity contribution in [1.29, 1.82) is 0 Å². The normalized spacial score (nSPS) is 10.1.